The molecule has 3 aliphatic heterocycles. The van der Waals surface area contributed by atoms with E-state index in [1.165, 1.54) is 16.8 Å². The van der Waals surface area contributed by atoms with Crippen LogP contribution in [0.15, 0.2) is 48.5 Å². The molecule has 0 radical (unpaired) electrons. The Kier molecular flexibility index (Phi) is 9.09. The second kappa shape index (κ2) is 13.6. The van der Waals surface area contributed by atoms with Crippen molar-refractivity contribution in [2.75, 3.05) is 20.2 Å². The van der Waals surface area contributed by atoms with Gasteiger partial charge in [-0.1, -0.05) is 26.8 Å². The number of benzene rings is 1. The van der Waals surface area contributed by atoms with Crippen LogP contribution < -0.4 is 5.73 Å². The minimum absolute atomic E-state index is 0.00413. The summed E-state index contributed by atoms with van der Waals surface area (Å²) in [7, 11) is 1.58. The summed E-state index contributed by atoms with van der Waals surface area (Å²) in [4.78, 5) is 47.2. The highest BCUT2D eigenvalue weighted by molar-refractivity contribution is 5.91. The lowest BCUT2D eigenvalue weighted by atomic mass is 9.93. The third-order valence-electron chi connectivity index (χ3n) is 12.3. The number of aromatic nitrogens is 5. The highest BCUT2D eigenvalue weighted by Crippen LogP contribution is 2.42. The number of aromatic amines is 2. The number of carbonyl (C=O) groups is 2. The van der Waals surface area contributed by atoms with Crippen LogP contribution in [0.2, 0.25) is 0 Å². The van der Waals surface area contributed by atoms with Crippen molar-refractivity contribution in [2.24, 2.45) is 17.6 Å². The summed E-state index contributed by atoms with van der Waals surface area (Å²) in [5, 5.41) is 1.13. The Labute approximate surface area is 310 Å². The number of rotatable bonds is 9. The lowest BCUT2D eigenvalue weighted by Gasteiger charge is -2.34. The molecule has 12 heteroatoms. The number of H-pyrrole nitrogens is 2. The predicted molar refractivity (Wildman–Crippen MR) is 204 cm³/mol. The van der Waals surface area contributed by atoms with Crippen LogP contribution in [-0.4, -0.2) is 78.0 Å². The number of likely N-dealkylation sites (tertiary alicyclic amines) is 2. The van der Waals surface area contributed by atoms with Gasteiger partial charge in [0, 0.05) is 42.6 Å². The molecule has 2 fully saturated rings. The molecule has 0 spiro atoms. The van der Waals surface area contributed by atoms with Crippen LogP contribution in [0.1, 0.15) is 108 Å². The van der Waals surface area contributed by atoms with E-state index in [4.69, 9.17) is 25.2 Å². The molecule has 3 aromatic heterocycles. The van der Waals surface area contributed by atoms with Crippen LogP contribution in [-0.2, 0) is 25.8 Å². The first-order chi connectivity index (χ1) is 25.4. The molecule has 2 amide bonds. The van der Waals surface area contributed by atoms with Crippen molar-refractivity contribution in [2.45, 2.75) is 104 Å². The SMILES string of the molecule is COC(C)(C)C(N)C(=O)N1CCCC1c1ncc(-c2ccc3c(c2)cc2n3COC3=C2CCC(c2cnc(C4CCCN4C(=O)C(C)C(C)C)[nH]2)=C3)[nH]1. The van der Waals surface area contributed by atoms with Crippen molar-refractivity contribution in [3.8, 4) is 11.3 Å². The largest absolute Gasteiger partial charge is 0.472 e. The highest BCUT2D eigenvalue weighted by atomic mass is 16.5. The summed E-state index contributed by atoms with van der Waals surface area (Å²) in [6.45, 7) is 11.8. The maximum atomic E-state index is 13.4. The summed E-state index contributed by atoms with van der Waals surface area (Å²) in [6, 6.07) is 7.80. The van der Waals surface area contributed by atoms with E-state index in [0.29, 0.717) is 19.2 Å². The van der Waals surface area contributed by atoms with Gasteiger partial charge in [-0.05, 0) is 88.1 Å². The summed E-state index contributed by atoms with van der Waals surface area (Å²) >= 11 is 0. The molecule has 53 heavy (non-hydrogen) atoms. The van der Waals surface area contributed by atoms with Gasteiger partial charge in [-0.25, -0.2) is 9.97 Å². The maximum Gasteiger partial charge on any atom is 0.243 e. The molecule has 8 rings (SSSR count). The Balaban J connectivity index is 1.01. The number of nitrogens with one attached hydrogen (secondary N) is 2. The number of nitrogens with zero attached hydrogens (tertiary/aromatic N) is 5. The van der Waals surface area contributed by atoms with Gasteiger partial charge in [0.2, 0.25) is 11.8 Å². The molecule has 4 aromatic rings. The molecule has 0 bridgehead atoms. The third kappa shape index (κ3) is 6.19. The van der Waals surface area contributed by atoms with Gasteiger partial charge in [-0.3, -0.25) is 9.59 Å². The Hall–Kier alpha value is -4.68. The second-order valence-corrected chi connectivity index (χ2v) is 16.1. The van der Waals surface area contributed by atoms with Gasteiger partial charge in [-0.2, -0.15) is 0 Å². The van der Waals surface area contributed by atoms with E-state index in [-0.39, 0.29) is 29.8 Å². The highest BCUT2D eigenvalue weighted by Gasteiger charge is 2.40. The average molecular weight is 721 g/mol. The van der Waals surface area contributed by atoms with Crippen LogP contribution in [0.25, 0.3) is 33.3 Å². The van der Waals surface area contributed by atoms with Crippen molar-refractivity contribution in [1.82, 2.24) is 34.3 Å². The van der Waals surface area contributed by atoms with Crippen molar-refractivity contribution in [3.05, 3.63) is 71.5 Å². The second-order valence-electron chi connectivity index (χ2n) is 16.1. The Morgan fingerprint density at radius 2 is 1.60 bits per heavy atom. The number of imidazole rings is 2. The Morgan fingerprint density at radius 3 is 2.28 bits per heavy atom. The van der Waals surface area contributed by atoms with Gasteiger partial charge in [0.05, 0.1) is 52.7 Å². The number of amides is 2. The van der Waals surface area contributed by atoms with E-state index in [1.807, 2.05) is 43.0 Å². The molecule has 4 aliphatic rings. The molecule has 0 saturated carbocycles. The van der Waals surface area contributed by atoms with E-state index < -0.39 is 11.6 Å². The van der Waals surface area contributed by atoms with Crippen LogP contribution in [0.5, 0.6) is 0 Å². The minimum atomic E-state index is -0.764. The first kappa shape index (κ1) is 35.4. The molecule has 2 saturated heterocycles. The summed E-state index contributed by atoms with van der Waals surface area (Å²) in [5.74, 6) is 2.95. The standard InChI is InChI=1S/C41H52N8O4/c1-23(2)24(3)39(50)47-15-7-9-32(47)37-44-21-30(46-37)26-11-13-28-34-18-27-17-25(12-14-31(27)49(34)22-53-35(28)19-26)29-20-43-38(45-29)33-10-8-16-48(33)40(51)36(42)41(4,5)52-6/h12,14,17-21,23-24,32-33,36H,7-11,13,15-16,22,42H2,1-6H3,(H,43,45)(H,44,46). The maximum absolute atomic E-state index is 13.4. The lowest BCUT2D eigenvalue weighted by Crippen LogP contribution is -2.55. The normalized spacial score (nSPS) is 21.5. The number of hydrogen-bond donors (Lipinski definition) is 3. The first-order valence-electron chi connectivity index (χ1n) is 19.2. The quantitative estimate of drug-likeness (QED) is 0.174. The van der Waals surface area contributed by atoms with Gasteiger partial charge < -0.3 is 39.5 Å². The number of methoxy groups -OCH3 is 1. The zero-order valence-electron chi connectivity index (χ0n) is 31.7. The first-order valence-corrected chi connectivity index (χ1v) is 19.2. The van der Waals surface area contributed by atoms with Crippen molar-refractivity contribution < 1.29 is 19.1 Å². The molecule has 1 aromatic carbocycles. The molecule has 4 N–H and O–H groups in total. The number of hydrogen-bond acceptors (Lipinski definition) is 7. The zero-order valence-corrected chi connectivity index (χ0v) is 31.7. The van der Waals surface area contributed by atoms with Crippen LogP contribution in [0.4, 0.5) is 0 Å². The molecule has 4 atom stereocenters. The summed E-state index contributed by atoms with van der Waals surface area (Å²) in [6.07, 6.45) is 11.3. The molecule has 6 heterocycles. The minimum Gasteiger partial charge on any atom is -0.472 e. The number of fused-ring (bicyclic) bond motifs is 4. The predicted octanol–water partition coefficient (Wildman–Crippen LogP) is 6.70. The summed E-state index contributed by atoms with van der Waals surface area (Å²) in [5.41, 5.74) is 13.2. The van der Waals surface area contributed by atoms with E-state index in [0.717, 1.165) is 90.3 Å². The van der Waals surface area contributed by atoms with Crippen molar-refractivity contribution >= 4 is 33.9 Å². The van der Waals surface area contributed by atoms with Gasteiger partial charge in [0.15, 0.2) is 6.73 Å². The lowest BCUT2D eigenvalue weighted by molar-refractivity contribution is -0.140. The van der Waals surface area contributed by atoms with Crippen LogP contribution in [0.3, 0.4) is 0 Å². The topological polar surface area (TPSA) is 147 Å². The number of nitrogens with two attached hydrogens (primary N) is 1. The molecule has 4 unspecified atom stereocenters. The van der Waals surface area contributed by atoms with Gasteiger partial charge >= 0.3 is 0 Å². The summed E-state index contributed by atoms with van der Waals surface area (Å²) < 4.78 is 14.2. The Bertz CT molecular complexity index is 2120. The number of ether oxygens (including phenoxy) is 2. The van der Waals surface area contributed by atoms with Gasteiger partial charge in [0.25, 0.3) is 0 Å². The zero-order chi connectivity index (χ0) is 37.2. The number of carbonyl (C=O) groups excluding carboxylic acids is 2. The molecular formula is C41H52N8O4. The van der Waals surface area contributed by atoms with Crippen molar-refractivity contribution in [1.29, 1.82) is 0 Å². The monoisotopic (exact) mass is 720 g/mol. The van der Waals surface area contributed by atoms with Crippen LogP contribution >= 0.6 is 0 Å². The average Bonchev–Trinajstić information content (AvgIpc) is 4.01. The van der Waals surface area contributed by atoms with Gasteiger partial charge in [-0.15, -0.1) is 0 Å². The smallest absolute Gasteiger partial charge is 0.243 e. The van der Waals surface area contributed by atoms with E-state index in [9.17, 15) is 9.59 Å². The fourth-order valence-electron chi connectivity index (χ4n) is 8.36. The third-order valence-corrected chi connectivity index (χ3v) is 12.3. The molecule has 1 aliphatic carbocycles. The fourth-order valence-corrected chi connectivity index (χ4v) is 8.36. The molecular weight excluding hydrogens is 669 g/mol. The van der Waals surface area contributed by atoms with Crippen molar-refractivity contribution in [3.63, 3.8) is 0 Å². The van der Waals surface area contributed by atoms with E-state index in [1.54, 1.807) is 7.11 Å². The Morgan fingerprint density at radius 1 is 0.943 bits per heavy atom. The van der Waals surface area contributed by atoms with Crippen LogP contribution in [0, 0.1) is 11.8 Å². The molecule has 12 nitrogen and oxygen atoms in total. The van der Waals surface area contributed by atoms with E-state index >= 15 is 0 Å². The van der Waals surface area contributed by atoms with E-state index in [2.05, 4.69) is 58.7 Å². The fraction of sp³-hybridized carbons (Fsp3) is 0.512. The molecule has 280 valence electrons. The number of allylic oxidation sites excluding steroid dienone is 3. The van der Waals surface area contributed by atoms with Gasteiger partial charge in [0.1, 0.15) is 23.4 Å².